The van der Waals surface area contributed by atoms with Crippen molar-refractivity contribution < 1.29 is 18.0 Å². The summed E-state index contributed by atoms with van der Waals surface area (Å²) < 4.78 is 30.5. The van der Waals surface area contributed by atoms with Gasteiger partial charge in [-0.25, -0.2) is 8.42 Å². The zero-order chi connectivity index (χ0) is 34.0. The van der Waals surface area contributed by atoms with Crippen molar-refractivity contribution in [2.24, 2.45) is 0 Å². The Labute approximate surface area is 288 Å². The van der Waals surface area contributed by atoms with Crippen LogP contribution in [0.3, 0.4) is 0 Å². The van der Waals surface area contributed by atoms with Gasteiger partial charge in [0.1, 0.15) is 12.6 Å². The molecule has 248 valence electrons. The fourth-order valence-corrected chi connectivity index (χ4v) is 7.14. The average molecular weight is 719 g/mol. The van der Waals surface area contributed by atoms with Gasteiger partial charge in [-0.2, -0.15) is 0 Å². The van der Waals surface area contributed by atoms with E-state index in [1.807, 2.05) is 80.6 Å². The van der Waals surface area contributed by atoms with Gasteiger partial charge in [0.2, 0.25) is 11.8 Å². The van der Waals surface area contributed by atoms with Crippen LogP contribution in [0, 0.1) is 6.92 Å². The number of rotatable bonds is 15. The number of unbranched alkanes of at least 4 members (excludes halogenated alkanes) is 1. The normalized spacial score (nSPS) is 12.0. The lowest BCUT2D eigenvalue weighted by Gasteiger charge is -2.34. The quantitative estimate of drug-likeness (QED) is 0.128. The molecule has 0 saturated carbocycles. The Balaban J connectivity index is 1.80. The molecule has 1 atom stereocenters. The third kappa shape index (κ3) is 9.78. The van der Waals surface area contributed by atoms with E-state index in [9.17, 15) is 18.0 Å². The Hall–Kier alpha value is -3.95. The van der Waals surface area contributed by atoms with Crippen molar-refractivity contribution in [2.75, 3.05) is 17.4 Å². The predicted octanol–water partition coefficient (Wildman–Crippen LogP) is 7.63. The third-order valence-electron chi connectivity index (χ3n) is 8.08. The van der Waals surface area contributed by atoms with Crippen molar-refractivity contribution in [3.8, 4) is 0 Å². The number of carbonyl (C=O) groups is 2. The highest BCUT2D eigenvalue weighted by Gasteiger charge is 2.34. The Kier molecular flexibility index (Phi) is 12.8. The number of hydrogen-bond donors (Lipinski definition) is 1. The minimum Gasteiger partial charge on any atom is -0.354 e. The first-order chi connectivity index (χ1) is 22.5. The molecule has 0 aromatic heterocycles. The van der Waals surface area contributed by atoms with Crippen molar-refractivity contribution in [1.29, 1.82) is 0 Å². The molecule has 0 fully saturated rings. The van der Waals surface area contributed by atoms with E-state index in [-0.39, 0.29) is 29.7 Å². The molecule has 4 aromatic rings. The van der Waals surface area contributed by atoms with Crippen LogP contribution in [0.25, 0.3) is 0 Å². The molecule has 4 rings (SSSR count). The summed E-state index contributed by atoms with van der Waals surface area (Å²) in [5.74, 6) is -0.515. The molecule has 0 aliphatic heterocycles. The maximum atomic E-state index is 14.6. The molecular weight excluding hydrogens is 674 g/mol. The lowest BCUT2D eigenvalue weighted by atomic mass is 10.0. The zero-order valence-corrected chi connectivity index (χ0v) is 29.9. The van der Waals surface area contributed by atoms with Gasteiger partial charge in [-0.1, -0.05) is 115 Å². The van der Waals surface area contributed by atoms with Crippen LogP contribution in [0.15, 0.2) is 112 Å². The maximum absolute atomic E-state index is 14.6. The lowest BCUT2D eigenvalue weighted by Crippen LogP contribution is -2.53. The largest absolute Gasteiger partial charge is 0.354 e. The first-order valence-corrected chi connectivity index (χ1v) is 18.3. The maximum Gasteiger partial charge on any atom is 0.264 e. The fraction of sp³-hybridized carbons (Fsp3) is 0.316. The van der Waals surface area contributed by atoms with Crippen molar-refractivity contribution in [2.45, 2.75) is 70.4 Å². The topological polar surface area (TPSA) is 86.8 Å². The monoisotopic (exact) mass is 717 g/mol. The standard InChI is InChI=1S/C38H44BrN3O4S/c1-5-6-23-40-38(44)36(25-30-11-8-7-9-12-30)41(26-31-13-10-14-33(39)24-31)37(43)27-42(34-19-17-32(18-20-34)28(2)3)47(45,46)35-21-15-29(4)16-22-35/h7-22,24,28,36H,5-6,23,25-27H2,1-4H3,(H,40,44). The number of aryl methyl sites for hydroxylation is 1. The molecule has 0 radical (unpaired) electrons. The van der Waals surface area contributed by atoms with Gasteiger partial charge >= 0.3 is 0 Å². The van der Waals surface area contributed by atoms with E-state index >= 15 is 0 Å². The van der Waals surface area contributed by atoms with E-state index in [2.05, 4.69) is 35.1 Å². The molecule has 0 aliphatic carbocycles. The number of nitrogens with zero attached hydrogens (tertiary/aromatic N) is 2. The molecule has 7 nitrogen and oxygen atoms in total. The summed E-state index contributed by atoms with van der Waals surface area (Å²) >= 11 is 3.52. The molecule has 1 N–H and O–H groups in total. The van der Waals surface area contributed by atoms with Crippen LogP contribution in [-0.4, -0.2) is 44.3 Å². The van der Waals surface area contributed by atoms with Crippen molar-refractivity contribution in [3.05, 3.63) is 130 Å². The Morgan fingerprint density at radius 2 is 1.51 bits per heavy atom. The second kappa shape index (κ2) is 16.7. The summed E-state index contributed by atoms with van der Waals surface area (Å²) in [5, 5.41) is 3.03. The van der Waals surface area contributed by atoms with E-state index < -0.39 is 28.5 Å². The molecule has 1 unspecified atom stereocenters. The summed E-state index contributed by atoms with van der Waals surface area (Å²) in [6, 6.07) is 30.1. The van der Waals surface area contributed by atoms with E-state index in [1.54, 1.807) is 36.4 Å². The molecule has 0 bridgehead atoms. The number of benzene rings is 4. The number of carbonyl (C=O) groups excluding carboxylic acids is 2. The summed E-state index contributed by atoms with van der Waals surface area (Å²) in [6.45, 7) is 8.18. The summed E-state index contributed by atoms with van der Waals surface area (Å²) in [5.41, 5.74) is 4.05. The Bertz CT molecular complexity index is 1730. The number of nitrogens with one attached hydrogen (secondary N) is 1. The number of hydrogen-bond acceptors (Lipinski definition) is 4. The molecule has 0 aliphatic rings. The minimum atomic E-state index is -4.16. The molecule has 4 aromatic carbocycles. The van der Waals surface area contributed by atoms with Crippen LogP contribution in [0.2, 0.25) is 0 Å². The molecule has 0 heterocycles. The summed E-state index contributed by atoms with van der Waals surface area (Å²) in [6.07, 6.45) is 1.98. The molecule has 0 spiro atoms. The van der Waals surface area contributed by atoms with Gasteiger partial charge in [-0.3, -0.25) is 13.9 Å². The van der Waals surface area contributed by atoms with Crippen LogP contribution in [0.4, 0.5) is 5.69 Å². The molecule has 47 heavy (non-hydrogen) atoms. The van der Waals surface area contributed by atoms with E-state index in [0.29, 0.717) is 12.2 Å². The van der Waals surface area contributed by atoms with Gasteiger partial charge in [0.25, 0.3) is 10.0 Å². The van der Waals surface area contributed by atoms with Gasteiger partial charge in [-0.15, -0.1) is 0 Å². The minimum absolute atomic E-state index is 0.0838. The molecule has 9 heteroatoms. The van der Waals surface area contributed by atoms with Crippen molar-refractivity contribution >= 4 is 43.5 Å². The average Bonchev–Trinajstić information content (AvgIpc) is 3.06. The zero-order valence-electron chi connectivity index (χ0n) is 27.5. The Morgan fingerprint density at radius 1 is 0.851 bits per heavy atom. The first-order valence-electron chi connectivity index (χ1n) is 16.0. The van der Waals surface area contributed by atoms with Gasteiger partial charge in [0.15, 0.2) is 0 Å². The highest BCUT2D eigenvalue weighted by Crippen LogP contribution is 2.27. The number of sulfonamides is 1. The van der Waals surface area contributed by atoms with Crippen molar-refractivity contribution in [1.82, 2.24) is 10.2 Å². The van der Waals surface area contributed by atoms with Gasteiger partial charge < -0.3 is 10.2 Å². The van der Waals surface area contributed by atoms with Crippen LogP contribution in [-0.2, 0) is 32.6 Å². The second-order valence-electron chi connectivity index (χ2n) is 12.1. The van der Waals surface area contributed by atoms with E-state index in [4.69, 9.17) is 0 Å². The first kappa shape index (κ1) is 35.9. The van der Waals surface area contributed by atoms with Crippen LogP contribution in [0.1, 0.15) is 61.8 Å². The Morgan fingerprint density at radius 3 is 2.13 bits per heavy atom. The second-order valence-corrected chi connectivity index (χ2v) is 14.9. The lowest BCUT2D eigenvalue weighted by molar-refractivity contribution is -0.140. The van der Waals surface area contributed by atoms with Crippen LogP contribution >= 0.6 is 15.9 Å². The van der Waals surface area contributed by atoms with E-state index in [1.165, 1.54) is 4.90 Å². The smallest absolute Gasteiger partial charge is 0.264 e. The molecule has 2 amide bonds. The number of halogens is 1. The highest BCUT2D eigenvalue weighted by atomic mass is 79.9. The number of anilines is 1. The third-order valence-corrected chi connectivity index (χ3v) is 10.4. The SMILES string of the molecule is CCCCNC(=O)C(Cc1ccccc1)N(Cc1cccc(Br)c1)C(=O)CN(c1ccc(C(C)C)cc1)S(=O)(=O)c1ccc(C)cc1. The highest BCUT2D eigenvalue weighted by molar-refractivity contribution is 9.10. The molecule has 0 saturated heterocycles. The van der Waals surface area contributed by atoms with Crippen LogP contribution in [0.5, 0.6) is 0 Å². The van der Waals surface area contributed by atoms with Gasteiger partial charge in [0.05, 0.1) is 10.6 Å². The summed E-state index contributed by atoms with van der Waals surface area (Å²) in [4.78, 5) is 30.1. The van der Waals surface area contributed by atoms with Gasteiger partial charge in [0, 0.05) is 24.0 Å². The van der Waals surface area contributed by atoms with E-state index in [0.717, 1.165) is 43.9 Å². The predicted molar refractivity (Wildman–Crippen MR) is 193 cm³/mol. The molecular formula is C38H44BrN3O4S. The fourth-order valence-electron chi connectivity index (χ4n) is 5.28. The van der Waals surface area contributed by atoms with Crippen LogP contribution < -0.4 is 9.62 Å². The summed E-state index contributed by atoms with van der Waals surface area (Å²) in [7, 11) is -4.16. The van der Waals surface area contributed by atoms with Crippen molar-refractivity contribution in [3.63, 3.8) is 0 Å². The number of amides is 2. The van der Waals surface area contributed by atoms with Gasteiger partial charge in [-0.05, 0) is 72.4 Å².